The summed E-state index contributed by atoms with van der Waals surface area (Å²) in [5.41, 5.74) is 0. The van der Waals surface area contributed by atoms with E-state index >= 15 is 0 Å². The van der Waals surface area contributed by atoms with Gasteiger partial charge in [-0.15, -0.1) is 0 Å². The standard InChI is InChI=1S/C10H20N2O2/c1-4-5-9(13)12-10(14)11-7-6-8(2)3/h8H,4-7H2,1-3H3,(H2,11,12,13,14). The Morgan fingerprint density at radius 1 is 1.29 bits per heavy atom. The van der Waals surface area contributed by atoms with E-state index in [2.05, 4.69) is 24.5 Å². The fourth-order valence-electron chi connectivity index (χ4n) is 0.935. The summed E-state index contributed by atoms with van der Waals surface area (Å²) in [7, 11) is 0. The van der Waals surface area contributed by atoms with E-state index in [0.29, 0.717) is 18.9 Å². The van der Waals surface area contributed by atoms with Crippen LogP contribution < -0.4 is 10.6 Å². The first-order valence-electron chi connectivity index (χ1n) is 5.14. The first kappa shape index (κ1) is 12.9. The lowest BCUT2D eigenvalue weighted by atomic mass is 10.1. The van der Waals surface area contributed by atoms with E-state index in [4.69, 9.17) is 0 Å². The number of urea groups is 1. The Morgan fingerprint density at radius 2 is 1.93 bits per heavy atom. The second kappa shape index (κ2) is 7.35. The molecule has 0 aliphatic carbocycles. The van der Waals surface area contributed by atoms with Crippen molar-refractivity contribution in [2.45, 2.75) is 40.0 Å². The summed E-state index contributed by atoms with van der Waals surface area (Å²) in [5, 5.41) is 4.90. The monoisotopic (exact) mass is 200 g/mol. The molecule has 0 heterocycles. The maximum absolute atomic E-state index is 11.1. The van der Waals surface area contributed by atoms with Crippen LogP contribution in [0.25, 0.3) is 0 Å². The van der Waals surface area contributed by atoms with E-state index in [-0.39, 0.29) is 11.9 Å². The molecule has 0 spiro atoms. The van der Waals surface area contributed by atoms with Gasteiger partial charge in [0.2, 0.25) is 5.91 Å². The van der Waals surface area contributed by atoms with E-state index in [1.54, 1.807) is 0 Å². The van der Waals surface area contributed by atoms with Gasteiger partial charge >= 0.3 is 6.03 Å². The maximum Gasteiger partial charge on any atom is 0.321 e. The molecule has 0 saturated heterocycles. The Balaban J connectivity index is 3.50. The molecule has 0 aliphatic rings. The van der Waals surface area contributed by atoms with Crippen molar-refractivity contribution >= 4 is 11.9 Å². The van der Waals surface area contributed by atoms with Gasteiger partial charge in [0.15, 0.2) is 0 Å². The molecule has 0 aromatic heterocycles. The number of carbonyl (C=O) groups excluding carboxylic acids is 2. The van der Waals surface area contributed by atoms with Gasteiger partial charge in [0.1, 0.15) is 0 Å². The molecule has 0 aromatic carbocycles. The molecule has 0 radical (unpaired) electrons. The Kier molecular flexibility index (Phi) is 6.80. The van der Waals surface area contributed by atoms with Gasteiger partial charge in [-0.3, -0.25) is 10.1 Å². The van der Waals surface area contributed by atoms with Crippen LogP contribution in [-0.4, -0.2) is 18.5 Å². The number of rotatable bonds is 5. The minimum absolute atomic E-state index is 0.213. The van der Waals surface area contributed by atoms with Gasteiger partial charge in [-0.2, -0.15) is 0 Å². The summed E-state index contributed by atoms with van der Waals surface area (Å²) in [4.78, 5) is 22.0. The Bertz CT molecular complexity index is 191. The normalized spacial score (nSPS) is 10.0. The summed E-state index contributed by atoms with van der Waals surface area (Å²) in [6.07, 6.45) is 2.08. The second-order valence-corrected chi connectivity index (χ2v) is 3.74. The van der Waals surface area contributed by atoms with Crippen LogP contribution in [0.1, 0.15) is 40.0 Å². The van der Waals surface area contributed by atoms with Crippen molar-refractivity contribution in [1.29, 1.82) is 0 Å². The Labute approximate surface area is 85.4 Å². The molecule has 2 N–H and O–H groups in total. The molecule has 4 heteroatoms. The third-order valence-electron chi connectivity index (χ3n) is 1.74. The molecule has 0 saturated carbocycles. The topological polar surface area (TPSA) is 58.2 Å². The molecular formula is C10H20N2O2. The summed E-state index contributed by atoms with van der Waals surface area (Å²) < 4.78 is 0. The van der Waals surface area contributed by atoms with Gasteiger partial charge in [0.25, 0.3) is 0 Å². The highest BCUT2D eigenvalue weighted by molar-refractivity contribution is 5.94. The summed E-state index contributed by atoms with van der Waals surface area (Å²) in [6, 6.07) is -0.385. The lowest BCUT2D eigenvalue weighted by molar-refractivity contribution is -0.120. The predicted octanol–water partition coefficient (Wildman–Crippen LogP) is 1.66. The van der Waals surface area contributed by atoms with Crippen LogP contribution >= 0.6 is 0 Å². The van der Waals surface area contributed by atoms with E-state index in [0.717, 1.165) is 12.8 Å². The lowest BCUT2D eigenvalue weighted by Crippen LogP contribution is -2.39. The average Bonchev–Trinajstić information content (AvgIpc) is 2.03. The summed E-state index contributed by atoms with van der Waals surface area (Å²) in [6.45, 7) is 6.68. The zero-order valence-corrected chi connectivity index (χ0v) is 9.22. The molecule has 0 unspecified atom stereocenters. The SMILES string of the molecule is CCCC(=O)NC(=O)NCCC(C)C. The number of imide groups is 1. The van der Waals surface area contributed by atoms with Crippen LogP contribution in [-0.2, 0) is 4.79 Å². The highest BCUT2D eigenvalue weighted by atomic mass is 16.2. The summed E-state index contributed by atoms with van der Waals surface area (Å²) >= 11 is 0. The van der Waals surface area contributed by atoms with Gasteiger partial charge < -0.3 is 5.32 Å². The Hall–Kier alpha value is -1.06. The molecule has 4 nitrogen and oxygen atoms in total. The van der Waals surface area contributed by atoms with Crippen molar-refractivity contribution in [3.05, 3.63) is 0 Å². The number of nitrogens with one attached hydrogen (secondary N) is 2. The van der Waals surface area contributed by atoms with Crippen LogP contribution in [0.5, 0.6) is 0 Å². The van der Waals surface area contributed by atoms with Crippen LogP contribution in [0.15, 0.2) is 0 Å². The largest absolute Gasteiger partial charge is 0.338 e. The highest BCUT2D eigenvalue weighted by Gasteiger charge is 2.05. The number of hydrogen-bond donors (Lipinski definition) is 2. The lowest BCUT2D eigenvalue weighted by Gasteiger charge is -2.07. The van der Waals surface area contributed by atoms with Gasteiger partial charge in [0, 0.05) is 13.0 Å². The molecule has 3 amide bonds. The first-order chi connectivity index (χ1) is 6.56. The minimum Gasteiger partial charge on any atom is -0.338 e. The third kappa shape index (κ3) is 7.58. The van der Waals surface area contributed by atoms with Crippen molar-refractivity contribution in [3.63, 3.8) is 0 Å². The molecule has 0 bridgehead atoms. The first-order valence-corrected chi connectivity index (χ1v) is 5.14. The molecule has 0 fully saturated rings. The second-order valence-electron chi connectivity index (χ2n) is 3.74. The molecule has 14 heavy (non-hydrogen) atoms. The van der Waals surface area contributed by atoms with E-state index in [1.165, 1.54) is 0 Å². The van der Waals surface area contributed by atoms with Crippen LogP contribution in [0.3, 0.4) is 0 Å². The molecule has 0 rings (SSSR count). The van der Waals surface area contributed by atoms with Gasteiger partial charge in [-0.25, -0.2) is 4.79 Å². The molecule has 0 aromatic rings. The number of carbonyl (C=O) groups is 2. The summed E-state index contributed by atoms with van der Waals surface area (Å²) in [5.74, 6) is 0.344. The average molecular weight is 200 g/mol. The minimum atomic E-state index is -0.385. The maximum atomic E-state index is 11.1. The predicted molar refractivity (Wildman–Crippen MR) is 55.9 cm³/mol. The van der Waals surface area contributed by atoms with Crippen LogP contribution in [0.2, 0.25) is 0 Å². The van der Waals surface area contributed by atoms with E-state index in [1.807, 2.05) is 6.92 Å². The zero-order chi connectivity index (χ0) is 11.0. The highest BCUT2D eigenvalue weighted by Crippen LogP contribution is 1.95. The van der Waals surface area contributed by atoms with Crippen molar-refractivity contribution in [2.24, 2.45) is 5.92 Å². The van der Waals surface area contributed by atoms with Crippen molar-refractivity contribution in [2.75, 3.05) is 6.54 Å². The number of hydrogen-bond acceptors (Lipinski definition) is 2. The van der Waals surface area contributed by atoms with Crippen molar-refractivity contribution in [1.82, 2.24) is 10.6 Å². The van der Waals surface area contributed by atoms with E-state index in [9.17, 15) is 9.59 Å². The third-order valence-corrected chi connectivity index (χ3v) is 1.74. The van der Waals surface area contributed by atoms with Gasteiger partial charge in [0.05, 0.1) is 0 Å². The molecule has 82 valence electrons. The molecule has 0 atom stereocenters. The fourth-order valence-corrected chi connectivity index (χ4v) is 0.935. The van der Waals surface area contributed by atoms with E-state index < -0.39 is 0 Å². The van der Waals surface area contributed by atoms with Gasteiger partial charge in [-0.1, -0.05) is 20.8 Å². The fraction of sp³-hybridized carbons (Fsp3) is 0.800. The van der Waals surface area contributed by atoms with Crippen molar-refractivity contribution < 1.29 is 9.59 Å². The number of amides is 3. The quantitative estimate of drug-likeness (QED) is 0.709. The van der Waals surface area contributed by atoms with Crippen LogP contribution in [0, 0.1) is 5.92 Å². The van der Waals surface area contributed by atoms with Crippen LogP contribution in [0.4, 0.5) is 4.79 Å². The van der Waals surface area contributed by atoms with Gasteiger partial charge in [-0.05, 0) is 18.8 Å². The zero-order valence-electron chi connectivity index (χ0n) is 9.22. The molecule has 0 aliphatic heterocycles. The Morgan fingerprint density at radius 3 is 2.43 bits per heavy atom. The van der Waals surface area contributed by atoms with Crippen molar-refractivity contribution in [3.8, 4) is 0 Å². The molecular weight excluding hydrogens is 180 g/mol. The smallest absolute Gasteiger partial charge is 0.321 e.